The molecule has 1 aliphatic rings. The molecule has 0 saturated heterocycles. The maximum atomic E-state index is 5.69. The Bertz CT molecular complexity index is 342. The van der Waals surface area contributed by atoms with Gasteiger partial charge in [-0.3, -0.25) is 11.3 Å². The smallest absolute Gasteiger partial charge is 0.0900 e. The first-order chi connectivity index (χ1) is 7.70. The standard InChI is InChI=1S/C12H21N3S/c1-8-12(16-9(2)14-8)11(15-13)7-10-5-3-4-6-10/h10-11,15H,3-7,13H2,1-2H3. The van der Waals surface area contributed by atoms with Gasteiger partial charge in [-0.25, -0.2) is 4.98 Å². The van der Waals surface area contributed by atoms with E-state index in [0.29, 0.717) is 6.04 Å². The number of aryl methyl sites for hydroxylation is 2. The SMILES string of the molecule is Cc1nc(C)c(C(CC2CCCC2)NN)s1. The van der Waals surface area contributed by atoms with E-state index < -0.39 is 0 Å². The monoisotopic (exact) mass is 239 g/mol. The second-order valence-corrected chi connectivity index (χ2v) is 6.02. The van der Waals surface area contributed by atoms with E-state index in [1.807, 2.05) is 0 Å². The predicted molar refractivity (Wildman–Crippen MR) is 68.2 cm³/mol. The van der Waals surface area contributed by atoms with Crippen LogP contribution in [-0.4, -0.2) is 4.98 Å². The molecule has 1 atom stereocenters. The summed E-state index contributed by atoms with van der Waals surface area (Å²) in [5.74, 6) is 6.54. The van der Waals surface area contributed by atoms with Gasteiger partial charge in [0.1, 0.15) is 0 Å². The van der Waals surface area contributed by atoms with Crippen LogP contribution in [0.25, 0.3) is 0 Å². The summed E-state index contributed by atoms with van der Waals surface area (Å²) >= 11 is 1.78. The lowest BCUT2D eigenvalue weighted by Gasteiger charge is -2.18. The van der Waals surface area contributed by atoms with Crippen molar-refractivity contribution in [1.82, 2.24) is 10.4 Å². The van der Waals surface area contributed by atoms with Crippen LogP contribution in [-0.2, 0) is 0 Å². The molecule has 90 valence electrons. The van der Waals surface area contributed by atoms with Crippen LogP contribution in [0, 0.1) is 19.8 Å². The lowest BCUT2D eigenvalue weighted by molar-refractivity contribution is 0.403. The van der Waals surface area contributed by atoms with Gasteiger partial charge in [-0.2, -0.15) is 0 Å². The van der Waals surface area contributed by atoms with Crippen molar-refractivity contribution < 1.29 is 0 Å². The summed E-state index contributed by atoms with van der Waals surface area (Å²) in [5, 5.41) is 1.14. The van der Waals surface area contributed by atoms with Gasteiger partial charge in [-0.15, -0.1) is 11.3 Å². The van der Waals surface area contributed by atoms with Crippen LogP contribution >= 0.6 is 11.3 Å². The Morgan fingerprint density at radius 2 is 2.12 bits per heavy atom. The van der Waals surface area contributed by atoms with Gasteiger partial charge >= 0.3 is 0 Å². The van der Waals surface area contributed by atoms with Crippen molar-refractivity contribution in [3.05, 3.63) is 15.6 Å². The van der Waals surface area contributed by atoms with E-state index in [9.17, 15) is 0 Å². The van der Waals surface area contributed by atoms with E-state index in [1.165, 1.54) is 37.0 Å². The van der Waals surface area contributed by atoms with Gasteiger partial charge in [-0.1, -0.05) is 25.7 Å². The summed E-state index contributed by atoms with van der Waals surface area (Å²) in [4.78, 5) is 5.80. The zero-order valence-electron chi connectivity index (χ0n) is 10.1. The van der Waals surface area contributed by atoms with Gasteiger partial charge in [0.25, 0.3) is 0 Å². The lowest BCUT2D eigenvalue weighted by atomic mass is 9.97. The van der Waals surface area contributed by atoms with Crippen molar-refractivity contribution in [1.29, 1.82) is 0 Å². The molecule has 1 unspecified atom stereocenters. The molecule has 1 aromatic heterocycles. The Labute approximate surface area is 101 Å². The molecule has 3 N–H and O–H groups in total. The highest BCUT2D eigenvalue weighted by atomic mass is 32.1. The highest BCUT2D eigenvalue weighted by Gasteiger charge is 2.23. The average molecular weight is 239 g/mol. The van der Waals surface area contributed by atoms with Crippen molar-refractivity contribution in [2.45, 2.75) is 52.0 Å². The van der Waals surface area contributed by atoms with Gasteiger partial charge in [0.2, 0.25) is 0 Å². The molecule has 0 amide bonds. The fourth-order valence-electron chi connectivity index (χ4n) is 2.70. The third-order valence-corrected chi connectivity index (χ3v) is 4.69. The molecule has 0 radical (unpaired) electrons. The minimum Gasteiger partial charge on any atom is -0.271 e. The van der Waals surface area contributed by atoms with Crippen molar-refractivity contribution in [3.8, 4) is 0 Å². The molecule has 1 fully saturated rings. The Kier molecular flexibility index (Phi) is 3.95. The molecule has 1 aliphatic carbocycles. The molecular weight excluding hydrogens is 218 g/mol. The molecule has 2 rings (SSSR count). The molecule has 16 heavy (non-hydrogen) atoms. The fourth-order valence-corrected chi connectivity index (χ4v) is 3.70. The molecule has 0 aliphatic heterocycles. The Morgan fingerprint density at radius 3 is 2.62 bits per heavy atom. The molecule has 0 spiro atoms. The Balaban J connectivity index is 2.06. The molecule has 1 heterocycles. The molecule has 1 saturated carbocycles. The number of hydrogen-bond donors (Lipinski definition) is 2. The molecule has 1 aromatic rings. The minimum atomic E-state index is 0.300. The van der Waals surface area contributed by atoms with Gasteiger partial charge in [0, 0.05) is 4.88 Å². The average Bonchev–Trinajstić information content (AvgIpc) is 2.85. The predicted octanol–water partition coefficient (Wildman–Crippen LogP) is 2.84. The number of aromatic nitrogens is 1. The first-order valence-electron chi connectivity index (χ1n) is 6.10. The van der Waals surface area contributed by atoms with Gasteiger partial charge in [0.15, 0.2) is 0 Å². The zero-order valence-corrected chi connectivity index (χ0v) is 10.9. The summed E-state index contributed by atoms with van der Waals surface area (Å²) in [6.45, 7) is 4.14. The normalized spacial score (nSPS) is 19.2. The molecule has 0 bridgehead atoms. The first kappa shape index (κ1) is 12.0. The number of rotatable bonds is 4. The van der Waals surface area contributed by atoms with Gasteiger partial charge in [0.05, 0.1) is 16.7 Å². The molecule has 4 heteroatoms. The Hall–Kier alpha value is -0.450. The summed E-state index contributed by atoms with van der Waals surface area (Å²) < 4.78 is 0. The van der Waals surface area contributed by atoms with E-state index >= 15 is 0 Å². The maximum absolute atomic E-state index is 5.69. The quantitative estimate of drug-likeness (QED) is 0.627. The fraction of sp³-hybridized carbons (Fsp3) is 0.750. The van der Waals surface area contributed by atoms with E-state index in [1.54, 1.807) is 11.3 Å². The minimum absolute atomic E-state index is 0.300. The number of nitrogens with two attached hydrogens (primary N) is 1. The van der Waals surface area contributed by atoms with E-state index in [0.717, 1.165) is 16.6 Å². The van der Waals surface area contributed by atoms with Crippen LogP contribution in [0.4, 0.5) is 0 Å². The van der Waals surface area contributed by atoms with E-state index in [2.05, 4.69) is 24.3 Å². The summed E-state index contributed by atoms with van der Waals surface area (Å²) in [6, 6.07) is 0.300. The molecule has 0 aromatic carbocycles. The number of hydrazine groups is 1. The van der Waals surface area contributed by atoms with E-state index in [-0.39, 0.29) is 0 Å². The second-order valence-electron chi connectivity index (χ2n) is 4.79. The highest BCUT2D eigenvalue weighted by molar-refractivity contribution is 7.11. The summed E-state index contributed by atoms with van der Waals surface area (Å²) in [7, 11) is 0. The third-order valence-electron chi connectivity index (χ3n) is 3.50. The highest BCUT2D eigenvalue weighted by Crippen LogP contribution is 2.35. The van der Waals surface area contributed by atoms with Gasteiger partial charge in [-0.05, 0) is 26.2 Å². The van der Waals surface area contributed by atoms with Crippen LogP contribution in [0.15, 0.2) is 0 Å². The van der Waals surface area contributed by atoms with Crippen LogP contribution in [0.2, 0.25) is 0 Å². The second kappa shape index (κ2) is 5.25. The van der Waals surface area contributed by atoms with Crippen molar-refractivity contribution in [2.24, 2.45) is 11.8 Å². The number of nitrogens with one attached hydrogen (secondary N) is 1. The maximum Gasteiger partial charge on any atom is 0.0900 e. The molecular formula is C12H21N3S. The number of thiazole rings is 1. The van der Waals surface area contributed by atoms with Crippen molar-refractivity contribution in [3.63, 3.8) is 0 Å². The number of nitrogens with zero attached hydrogens (tertiary/aromatic N) is 1. The van der Waals surface area contributed by atoms with Crippen LogP contribution in [0.3, 0.4) is 0 Å². The van der Waals surface area contributed by atoms with Crippen molar-refractivity contribution in [2.75, 3.05) is 0 Å². The lowest BCUT2D eigenvalue weighted by Crippen LogP contribution is -2.29. The molecule has 3 nitrogen and oxygen atoms in total. The van der Waals surface area contributed by atoms with Crippen LogP contribution < -0.4 is 11.3 Å². The first-order valence-corrected chi connectivity index (χ1v) is 6.92. The van der Waals surface area contributed by atoms with Gasteiger partial charge < -0.3 is 0 Å². The zero-order chi connectivity index (χ0) is 11.5. The summed E-state index contributed by atoms with van der Waals surface area (Å²) in [5.41, 5.74) is 4.11. The Morgan fingerprint density at radius 1 is 1.44 bits per heavy atom. The van der Waals surface area contributed by atoms with Crippen LogP contribution in [0.1, 0.15) is 53.7 Å². The third kappa shape index (κ3) is 2.62. The van der Waals surface area contributed by atoms with Crippen molar-refractivity contribution >= 4 is 11.3 Å². The van der Waals surface area contributed by atoms with E-state index in [4.69, 9.17) is 5.84 Å². The topological polar surface area (TPSA) is 50.9 Å². The largest absolute Gasteiger partial charge is 0.271 e. The number of hydrogen-bond acceptors (Lipinski definition) is 4. The summed E-state index contributed by atoms with van der Waals surface area (Å²) in [6.07, 6.45) is 6.69. The van der Waals surface area contributed by atoms with Crippen LogP contribution in [0.5, 0.6) is 0 Å².